The van der Waals surface area contributed by atoms with Crippen molar-refractivity contribution >= 4 is 28.8 Å². The fourth-order valence-electron chi connectivity index (χ4n) is 3.01. The lowest BCUT2D eigenvalue weighted by molar-refractivity contribution is -0.144. The zero-order chi connectivity index (χ0) is 16.0. The first-order valence-corrected chi connectivity index (χ1v) is 7.49. The number of hydrogen-bond acceptors (Lipinski definition) is 5. The average Bonchev–Trinajstić information content (AvgIpc) is 2.85. The van der Waals surface area contributed by atoms with Crippen LogP contribution in [0.3, 0.4) is 0 Å². The topological polar surface area (TPSA) is 83.5 Å². The minimum atomic E-state index is -0.224. The Hall–Kier alpha value is -2.83. The fraction of sp³-hybridized carbons (Fsp3) is 0.312. The van der Waals surface area contributed by atoms with Crippen molar-refractivity contribution in [2.24, 2.45) is 0 Å². The largest absolute Gasteiger partial charge is 0.333 e. The molecule has 0 atom stereocenters. The molecule has 2 aromatic rings. The van der Waals surface area contributed by atoms with E-state index in [1.807, 2.05) is 18.2 Å². The van der Waals surface area contributed by atoms with Crippen molar-refractivity contribution in [2.45, 2.75) is 18.9 Å². The molecule has 0 unspecified atom stereocenters. The number of likely N-dealkylation sites (tertiary alicyclic amines) is 2. The molecule has 2 fully saturated rings. The van der Waals surface area contributed by atoms with Gasteiger partial charge in [-0.05, 0) is 12.1 Å². The maximum atomic E-state index is 12.4. The Balaban J connectivity index is 1.48. The smallest absolute Gasteiger partial charge is 0.274 e. The van der Waals surface area contributed by atoms with Crippen LogP contribution in [0.4, 0.5) is 0 Å². The van der Waals surface area contributed by atoms with Gasteiger partial charge >= 0.3 is 0 Å². The normalized spacial score (nSPS) is 18.6. The number of hydrogen-bond donors (Lipinski definition) is 0. The Bertz CT molecular complexity index is 813. The number of aromatic nitrogens is 2. The van der Waals surface area contributed by atoms with Crippen LogP contribution in [0.1, 0.15) is 23.3 Å². The van der Waals surface area contributed by atoms with Crippen molar-refractivity contribution in [3.05, 3.63) is 36.2 Å². The van der Waals surface area contributed by atoms with Gasteiger partial charge in [0, 0.05) is 25.9 Å². The minimum Gasteiger partial charge on any atom is -0.333 e. The molecule has 3 heterocycles. The molecular formula is C16H14N4O3. The molecular weight excluding hydrogens is 296 g/mol. The third kappa shape index (κ3) is 2.25. The summed E-state index contributed by atoms with van der Waals surface area (Å²) in [5, 5.41) is 0. The third-order valence-electron chi connectivity index (χ3n) is 4.27. The van der Waals surface area contributed by atoms with Crippen LogP contribution in [0.25, 0.3) is 11.0 Å². The van der Waals surface area contributed by atoms with Crippen LogP contribution >= 0.6 is 0 Å². The van der Waals surface area contributed by atoms with E-state index in [1.165, 1.54) is 11.1 Å². The maximum absolute atomic E-state index is 12.4. The molecule has 7 heteroatoms. The first-order valence-electron chi connectivity index (χ1n) is 7.49. The van der Waals surface area contributed by atoms with E-state index in [1.54, 1.807) is 11.0 Å². The molecule has 7 nitrogen and oxygen atoms in total. The molecule has 0 bridgehead atoms. The predicted octanol–water partition coefficient (Wildman–Crippen LogP) is 0.603. The van der Waals surface area contributed by atoms with E-state index in [0.29, 0.717) is 18.6 Å². The highest BCUT2D eigenvalue weighted by Crippen LogP contribution is 2.23. The standard InChI is InChI=1S/C16H14N4O3/c21-14-5-6-15(22)20(14)10-8-19(9-10)16(23)13-7-17-11-3-1-2-4-12(11)18-13/h1-4,7,10H,5-6,8-9H2. The number of imide groups is 1. The molecule has 2 saturated heterocycles. The quantitative estimate of drug-likeness (QED) is 0.759. The molecule has 2 aliphatic heterocycles. The zero-order valence-electron chi connectivity index (χ0n) is 12.3. The van der Waals surface area contributed by atoms with Gasteiger partial charge in [-0.3, -0.25) is 24.3 Å². The summed E-state index contributed by atoms with van der Waals surface area (Å²) in [4.78, 5) is 47.3. The van der Waals surface area contributed by atoms with E-state index in [2.05, 4.69) is 9.97 Å². The predicted molar refractivity (Wildman–Crippen MR) is 80.3 cm³/mol. The zero-order valence-corrected chi connectivity index (χ0v) is 12.3. The Kier molecular flexibility index (Phi) is 3.07. The van der Waals surface area contributed by atoms with E-state index in [4.69, 9.17) is 0 Å². The number of nitrogens with zero attached hydrogens (tertiary/aromatic N) is 4. The summed E-state index contributed by atoms with van der Waals surface area (Å²) in [5.41, 5.74) is 1.68. The Morgan fingerprint density at radius 3 is 2.39 bits per heavy atom. The van der Waals surface area contributed by atoms with Gasteiger partial charge in [0.05, 0.1) is 23.3 Å². The van der Waals surface area contributed by atoms with Gasteiger partial charge in [0.15, 0.2) is 0 Å². The van der Waals surface area contributed by atoms with Gasteiger partial charge in [-0.1, -0.05) is 12.1 Å². The molecule has 0 spiro atoms. The van der Waals surface area contributed by atoms with E-state index in [-0.39, 0.29) is 42.3 Å². The Morgan fingerprint density at radius 2 is 1.70 bits per heavy atom. The number of fused-ring (bicyclic) bond motifs is 1. The summed E-state index contributed by atoms with van der Waals surface area (Å²) in [5.74, 6) is -0.506. The molecule has 0 aliphatic carbocycles. The number of benzene rings is 1. The molecule has 1 aromatic carbocycles. The Morgan fingerprint density at radius 1 is 1.04 bits per heavy atom. The Labute approximate surface area is 131 Å². The second-order valence-electron chi connectivity index (χ2n) is 5.77. The molecule has 0 radical (unpaired) electrons. The van der Waals surface area contributed by atoms with Crippen molar-refractivity contribution in [2.75, 3.05) is 13.1 Å². The van der Waals surface area contributed by atoms with Crippen molar-refractivity contribution in [1.82, 2.24) is 19.8 Å². The molecule has 1 aromatic heterocycles. The lowest BCUT2D eigenvalue weighted by Crippen LogP contribution is -2.62. The van der Waals surface area contributed by atoms with Gasteiger partial charge in [0.25, 0.3) is 5.91 Å². The monoisotopic (exact) mass is 310 g/mol. The molecule has 0 N–H and O–H groups in total. The van der Waals surface area contributed by atoms with Crippen LogP contribution in [0.5, 0.6) is 0 Å². The van der Waals surface area contributed by atoms with Crippen LogP contribution in [-0.4, -0.2) is 56.6 Å². The molecule has 4 rings (SSSR count). The van der Waals surface area contributed by atoms with E-state index < -0.39 is 0 Å². The second-order valence-corrected chi connectivity index (χ2v) is 5.77. The maximum Gasteiger partial charge on any atom is 0.274 e. The highest BCUT2D eigenvalue weighted by Gasteiger charge is 2.43. The SMILES string of the molecule is O=C(c1cnc2ccccc2n1)N1CC(N2C(=O)CCC2=O)C1. The van der Waals surface area contributed by atoms with E-state index >= 15 is 0 Å². The van der Waals surface area contributed by atoms with Gasteiger partial charge in [-0.15, -0.1) is 0 Å². The number of amides is 3. The van der Waals surface area contributed by atoms with Crippen molar-refractivity contribution in [1.29, 1.82) is 0 Å². The fourth-order valence-corrected chi connectivity index (χ4v) is 3.01. The van der Waals surface area contributed by atoms with Crippen LogP contribution < -0.4 is 0 Å². The summed E-state index contributed by atoms with van der Waals surface area (Å²) >= 11 is 0. The van der Waals surface area contributed by atoms with E-state index in [9.17, 15) is 14.4 Å². The van der Waals surface area contributed by atoms with Gasteiger partial charge in [-0.2, -0.15) is 0 Å². The van der Waals surface area contributed by atoms with Crippen LogP contribution in [-0.2, 0) is 9.59 Å². The van der Waals surface area contributed by atoms with Gasteiger partial charge in [-0.25, -0.2) is 4.98 Å². The third-order valence-corrected chi connectivity index (χ3v) is 4.27. The molecule has 116 valence electrons. The van der Waals surface area contributed by atoms with Gasteiger partial charge < -0.3 is 4.90 Å². The van der Waals surface area contributed by atoms with Gasteiger partial charge in [0.2, 0.25) is 11.8 Å². The molecule has 3 amide bonds. The van der Waals surface area contributed by atoms with Crippen molar-refractivity contribution in [3.8, 4) is 0 Å². The molecule has 23 heavy (non-hydrogen) atoms. The number of para-hydroxylation sites is 2. The van der Waals surface area contributed by atoms with Crippen LogP contribution in [0.2, 0.25) is 0 Å². The number of carbonyl (C=O) groups excluding carboxylic acids is 3. The minimum absolute atomic E-state index is 0.141. The summed E-state index contributed by atoms with van der Waals surface area (Å²) in [6.45, 7) is 0.732. The number of carbonyl (C=O) groups is 3. The second kappa shape index (κ2) is 5.12. The van der Waals surface area contributed by atoms with Crippen LogP contribution in [0.15, 0.2) is 30.5 Å². The first kappa shape index (κ1) is 13.8. The molecule has 0 saturated carbocycles. The molecule has 2 aliphatic rings. The highest BCUT2D eigenvalue weighted by atomic mass is 16.2. The lowest BCUT2D eigenvalue weighted by atomic mass is 10.1. The van der Waals surface area contributed by atoms with Crippen molar-refractivity contribution < 1.29 is 14.4 Å². The van der Waals surface area contributed by atoms with Gasteiger partial charge in [0.1, 0.15) is 5.69 Å². The van der Waals surface area contributed by atoms with Crippen molar-refractivity contribution in [3.63, 3.8) is 0 Å². The average molecular weight is 310 g/mol. The summed E-state index contributed by atoms with van der Waals surface area (Å²) < 4.78 is 0. The highest BCUT2D eigenvalue weighted by molar-refractivity contribution is 6.03. The lowest BCUT2D eigenvalue weighted by Gasteiger charge is -2.42. The summed E-state index contributed by atoms with van der Waals surface area (Å²) in [7, 11) is 0. The number of rotatable bonds is 2. The van der Waals surface area contributed by atoms with Crippen LogP contribution in [0, 0.1) is 0 Å². The van der Waals surface area contributed by atoms with E-state index in [0.717, 1.165) is 5.52 Å². The summed E-state index contributed by atoms with van der Waals surface area (Å²) in [6, 6.07) is 7.15. The summed E-state index contributed by atoms with van der Waals surface area (Å²) in [6.07, 6.45) is 2.02. The first-order chi connectivity index (χ1) is 11.1.